The van der Waals surface area contributed by atoms with Gasteiger partial charge in [-0.25, -0.2) is 4.79 Å². The van der Waals surface area contributed by atoms with Crippen LogP contribution in [0.25, 0.3) is 0 Å². The number of carbonyl (C=O) groups is 1. The third-order valence-electron chi connectivity index (χ3n) is 5.67. The van der Waals surface area contributed by atoms with Crippen LogP contribution in [0.4, 0.5) is 4.79 Å². The van der Waals surface area contributed by atoms with Gasteiger partial charge in [0.15, 0.2) is 11.6 Å². The molecule has 0 saturated carbocycles. The molecule has 0 bridgehead atoms. The number of hydrogen-bond acceptors (Lipinski definition) is 9. The summed E-state index contributed by atoms with van der Waals surface area (Å²) in [5, 5.41) is 2.85. The number of ether oxygens (including phenoxy) is 5. The van der Waals surface area contributed by atoms with Crippen LogP contribution in [0.5, 0.6) is 0 Å². The molecule has 39 heavy (non-hydrogen) atoms. The summed E-state index contributed by atoms with van der Waals surface area (Å²) in [6.45, 7) is 13.8. The van der Waals surface area contributed by atoms with E-state index in [0.29, 0.717) is 18.9 Å². The second-order valence-corrected chi connectivity index (χ2v) is 13.0. The lowest BCUT2D eigenvalue weighted by molar-refractivity contribution is -0.142. The fourth-order valence-electron chi connectivity index (χ4n) is 3.91. The van der Waals surface area contributed by atoms with Crippen molar-refractivity contribution in [2.24, 2.45) is 5.73 Å². The van der Waals surface area contributed by atoms with E-state index in [1.807, 2.05) is 72.7 Å². The van der Waals surface area contributed by atoms with E-state index in [1.54, 1.807) is 12.4 Å². The Balaban J connectivity index is 0.000000230. The SMILES string of the molecule is CC(C)(C)OC(=O)NC(c1ccc(Br)cn1)[C@H]1COC(C)(C)O1.CC1(C)OC[C@H](C(N)c2ccc(Br)cn2)O1. The molecular formula is C27H38Br2N4O6. The van der Waals surface area contributed by atoms with Crippen LogP contribution < -0.4 is 11.1 Å². The average Bonchev–Trinajstić information content (AvgIpc) is 3.38. The Morgan fingerprint density at radius 1 is 0.949 bits per heavy atom. The van der Waals surface area contributed by atoms with Gasteiger partial charge in [0.2, 0.25) is 0 Å². The lowest BCUT2D eigenvalue weighted by atomic mass is 10.1. The van der Waals surface area contributed by atoms with Crippen molar-refractivity contribution in [3.05, 3.63) is 57.0 Å². The van der Waals surface area contributed by atoms with Crippen molar-refractivity contribution in [3.8, 4) is 0 Å². The molecule has 2 saturated heterocycles. The molecule has 216 valence electrons. The largest absolute Gasteiger partial charge is 0.444 e. The average molecular weight is 674 g/mol. The van der Waals surface area contributed by atoms with E-state index in [0.717, 1.165) is 14.6 Å². The van der Waals surface area contributed by atoms with Gasteiger partial charge in [0.05, 0.1) is 30.6 Å². The van der Waals surface area contributed by atoms with E-state index in [4.69, 9.17) is 29.4 Å². The standard InChI is InChI=1S/C16H23BrN2O4.C11H15BrN2O2/c1-15(2,3)23-14(20)19-13(11-7-6-10(17)8-18-11)12-9-21-16(4,5)22-12;1-11(2)15-6-9(16-11)10(13)8-4-3-7(12)5-14-8/h6-8,12-13H,9H2,1-5H3,(H,19,20);3-5,9-10H,6,13H2,1-2H3/t12-,13?;9-,10?/m11/s1. The van der Waals surface area contributed by atoms with E-state index in [2.05, 4.69) is 47.1 Å². The zero-order valence-corrected chi connectivity index (χ0v) is 26.5. The molecule has 4 rings (SSSR count). The Bertz CT molecular complexity index is 1090. The topological polar surface area (TPSA) is 127 Å². The summed E-state index contributed by atoms with van der Waals surface area (Å²) in [6, 6.07) is 6.80. The van der Waals surface area contributed by atoms with Gasteiger partial charge in [-0.15, -0.1) is 0 Å². The molecule has 0 spiro atoms. The number of amides is 1. The van der Waals surface area contributed by atoms with E-state index in [-0.39, 0.29) is 18.2 Å². The molecule has 2 aromatic rings. The quantitative estimate of drug-likeness (QED) is 0.420. The van der Waals surface area contributed by atoms with Crippen LogP contribution in [0, 0.1) is 0 Å². The highest BCUT2D eigenvalue weighted by Crippen LogP contribution is 2.31. The minimum Gasteiger partial charge on any atom is -0.444 e. The Kier molecular flexibility index (Phi) is 10.5. The summed E-state index contributed by atoms with van der Waals surface area (Å²) in [5.41, 5.74) is 7.01. The molecule has 0 aromatic carbocycles. The molecule has 12 heteroatoms. The van der Waals surface area contributed by atoms with Gasteiger partial charge >= 0.3 is 6.09 Å². The third-order valence-corrected chi connectivity index (χ3v) is 6.60. The van der Waals surface area contributed by atoms with Crippen LogP contribution in [0.15, 0.2) is 45.6 Å². The lowest BCUT2D eigenvalue weighted by Crippen LogP contribution is -2.41. The molecule has 1 amide bonds. The van der Waals surface area contributed by atoms with Gasteiger partial charge in [-0.3, -0.25) is 9.97 Å². The van der Waals surface area contributed by atoms with E-state index in [1.165, 1.54) is 0 Å². The normalized spacial score (nSPS) is 23.3. The van der Waals surface area contributed by atoms with Crippen molar-refractivity contribution in [3.63, 3.8) is 0 Å². The number of nitrogens with zero attached hydrogens (tertiary/aromatic N) is 2. The number of alkyl carbamates (subject to hydrolysis) is 1. The van der Waals surface area contributed by atoms with Gasteiger partial charge in [-0.1, -0.05) is 0 Å². The predicted molar refractivity (Wildman–Crippen MR) is 153 cm³/mol. The Morgan fingerprint density at radius 3 is 1.85 bits per heavy atom. The number of nitrogens with one attached hydrogen (secondary N) is 1. The molecule has 2 aliphatic heterocycles. The minimum absolute atomic E-state index is 0.135. The Hall–Kier alpha value is -1.67. The maximum Gasteiger partial charge on any atom is 0.408 e. The molecule has 4 atom stereocenters. The van der Waals surface area contributed by atoms with Crippen molar-refractivity contribution in [2.75, 3.05) is 13.2 Å². The molecule has 4 heterocycles. The highest BCUT2D eigenvalue weighted by Gasteiger charge is 2.40. The molecule has 10 nitrogen and oxygen atoms in total. The summed E-state index contributed by atoms with van der Waals surface area (Å²) in [4.78, 5) is 20.8. The van der Waals surface area contributed by atoms with E-state index >= 15 is 0 Å². The number of carbonyl (C=O) groups excluding carboxylic acids is 1. The molecule has 0 aliphatic carbocycles. The summed E-state index contributed by atoms with van der Waals surface area (Å²) < 4.78 is 29.8. The molecule has 2 fully saturated rings. The zero-order valence-electron chi connectivity index (χ0n) is 23.4. The number of halogens is 2. The maximum absolute atomic E-state index is 12.2. The third kappa shape index (κ3) is 10.0. The first-order valence-electron chi connectivity index (χ1n) is 12.7. The van der Waals surface area contributed by atoms with Crippen molar-refractivity contribution in [2.45, 2.75) is 89.9 Å². The molecule has 0 radical (unpaired) electrons. The highest BCUT2D eigenvalue weighted by molar-refractivity contribution is 9.10. The van der Waals surface area contributed by atoms with Gasteiger partial charge in [-0.2, -0.15) is 0 Å². The first-order chi connectivity index (χ1) is 18.0. The molecule has 3 N–H and O–H groups in total. The first-order valence-corrected chi connectivity index (χ1v) is 14.2. The van der Waals surface area contributed by atoms with Crippen LogP contribution in [0.1, 0.15) is 71.9 Å². The van der Waals surface area contributed by atoms with Crippen molar-refractivity contribution >= 4 is 38.0 Å². The van der Waals surface area contributed by atoms with Gasteiger partial charge in [0, 0.05) is 21.3 Å². The van der Waals surface area contributed by atoms with Crippen LogP contribution in [0.3, 0.4) is 0 Å². The van der Waals surface area contributed by atoms with Crippen molar-refractivity contribution < 1.29 is 28.5 Å². The number of rotatable bonds is 5. The van der Waals surface area contributed by atoms with Gasteiger partial charge in [-0.05, 0) is 105 Å². The van der Waals surface area contributed by atoms with Crippen LogP contribution in [-0.2, 0) is 23.7 Å². The molecular weight excluding hydrogens is 636 g/mol. The first kappa shape index (κ1) is 31.9. The molecule has 2 aliphatic rings. The number of pyridine rings is 2. The summed E-state index contributed by atoms with van der Waals surface area (Å²) in [6.07, 6.45) is 2.42. The van der Waals surface area contributed by atoms with Crippen LogP contribution in [-0.4, -0.2) is 58.7 Å². The van der Waals surface area contributed by atoms with Crippen molar-refractivity contribution in [1.29, 1.82) is 0 Å². The van der Waals surface area contributed by atoms with Gasteiger partial charge in [0.1, 0.15) is 23.9 Å². The lowest BCUT2D eigenvalue weighted by Gasteiger charge is -2.27. The molecule has 2 aromatic heterocycles. The number of aromatic nitrogens is 2. The van der Waals surface area contributed by atoms with Gasteiger partial charge in [0.25, 0.3) is 0 Å². The molecule has 2 unspecified atom stereocenters. The van der Waals surface area contributed by atoms with Crippen LogP contribution >= 0.6 is 31.9 Å². The fraction of sp³-hybridized carbons (Fsp3) is 0.593. The maximum atomic E-state index is 12.2. The van der Waals surface area contributed by atoms with Gasteiger partial charge < -0.3 is 34.7 Å². The zero-order chi connectivity index (χ0) is 29.0. The van der Waals surface area contributed by atoms with Crippen molar-refractivity contribution in [1.82, 2.24) is 15.3 Å². The second-order valence-electron chi connectivity index (χ2n) is 11.2. The number of nitrogens with two attached hydrogens (primary N) is 1. The second kappa shape index (κ2) is 12.9. The Labute approximate surface area is 246 Å². The monoisotopic (exact) mass is 672 g/mol. The van der Waals surface area contributed by atoms with E-state index < -0.39 is 29.3 Å². The smallest absolute Gasteiger partial charge is 0.408 e. The van der Waals surface area contributed by atoms with Crippen LogP contribution in [0.2, 0.25) is 0 Å². The predicted octanol–water partition coefficient (Wildman–Crippen LogP) is 5.56. The van der Waals surface area contributed by atoms with E-state index in [9.17, 15) is 4.79 Å². The summed E-state index contributed by atoms with van der Waals surface area (Å²) in [5.74, 6) is -1.23. The number of hydrogen-bond donors (Lipinski definition) is 2. The summed E-state index contributed by atoms with van der Waals surface area (Å²) >= 11 is 6.69. The fourth-order valence-corrected chi connectivity index (χ4v) is 4.38. The minimum atomic E-state index is -0.687. The Morgan fingerprint density at radius 2 is 1.44 bits per heavy atom. The summed E-state index contributed by atoms with van der Waals surface area (Å²) in [7, 11) is 0. The highest BCUT2D eigenvalue weighted by atomic mass is 79.9.